The maximum atomic E-state index is 5.67. The maximum absolute atomic E-state index is 5.67. The van der Waals surface area contributed by atoms with Crippen LogP contribution in [0.3, 0.4) is 0 Å². The van der Waals surface area contributed by atoms with Crippen LogP contribution in [0.1, 0.15) is 0 Å². The summed E-state index contributed by atoms with van der Waals surface area (Å²) in [5.74, 6) is 0.919. The van der Waals surface area contributed by atoms with Crippen LogP contribution < -0.4 is 4.74 Å². The van der Waals surface area contributed by atoms with Gasteiger partial charge in [0.2, 0.25) is 0 Å². The van der Waals surface area contributed by atoms with E-state index in [2.05, 4.69) is 40.6 Å². The molecule has 0 saturated carbocycles. The number of nitrogens with zero attached hydrogens (tertiary/aromatic N) is 1. The number of hydrogen-bond acceptors (Lipinski definition) is 2. The fourth-order valence-electron chi connectivity index (χ4n) is 1.45. The highest BCUT2D eigenvalue weighted by molar-refractivity contribution is 14.1. The van der Waals surface area contributed by atoms with Gasteiger partial charge in [0.25, 0.3) is 0 Å². The molecule has 0 atom stereocenters. The summed E-state index contributed by atoms with van der Waals surface area (Å²) < 4.78 is 6.89. The van der Waals surface area contributed by atoms with Gasteiger partial charge in [0.1, 0.15) is 12.4 Å². The molecule has 0 fully saturated rings. The molecule has 0 spiro atoms. The zero-order valence-corrected chi connectivity index (χ0v) is 12.1. The van der Waals surface area contributed by atoms with Gasteiger partial charge in [-0.15, -0.1) is 13.2 Å². The topological polar surface area (TPSA) is 12.5 Å². The molecule has 1 aromatic rings. The first-order chi connectivity index (χ1) is 8.26. The van der Waals surface area contributed by atoms with Crippen LogP contribution >= 0.6 is 22.6 Å². The summed E-state index contributed by atoms with van der Waals surface area (Å²) in [5, 5.41) is 0. The third-order valence-electron chi connectivity index (χ3n) is 2.26. The van der Waals surface area contributed by atoms with E-state index in [1.807, 2.05) is 36.4 Å². The van der Waals surface area contributed by atoms with Crippen LogP contribution in [-0.2, 0) is 0 Å². The average Bonchev–Trinajstić information content (AvgIpc) is 2.32. The van der Waals surface area contributed by atoms with E-state index in [0.29, 0.717) is 6.61 Å². The molecular weight excluding hydrogens is 325 g/mol. The first-order valence-electron chi connectivity index (χ1n) is 5.58. The van der Waals surface area contributed by atoms with Gasteiger partial charge in [-0.2, -0.15) is 0 Å². The largest absolute Gasteiger partial charge is 0.492 e. The van der Waals surface area contributed by atoms with Crippen molar-refractivity contribution in [3.05, 3.63) is 53.1 Å². The Morgan fingerprint density at radius 1 is 1.12 bits per heavy atom. The Bertz CT molecular complexity index is 338. The van der Waals surface area contributed by atoms with Gasteiger partial charge in [0, 0.05) is 23.2 Å². The Morgan fingerprint density at radius 3 is 2.24 bits per heavy atom. The van der Waals surface area contributed by atoms with Crippen molar-refractivity contribution in [1.29, 1.82) is 0 Å². The summed E-state index contributed by atoms with van der Waals surface area (Å²) >= 11 is 2.28. The van der Waals surface area contributed by atoms with Gasteiger partial charge in [-0.1, -0.05) is 12.2 Å². The highest BCUT2D eigenvalue weighted by Crippen LogP contribution is 2.13. The van der Waals surface area contributed by atoms with Crippen molar-refractivity contribution in [2.24, 2.45) is 0 Å². The zero-order chi connectivity index (χ0) is 12.5. The lowest BCUT2D eigenvalue weighted by atomic mass is 10.3. The normalized spacial score (nSPS) is 10.2. The Balaban J connectivity index is 2.32. The van der Waals surface area contributed by atoms with Crippen LogP contribution in [0, 0.1) is 3.57 Å². The second kappa shape index (κ2) is 8.31. The number of rotatable bonds is 8. The summed E-state index contributed by atoms with van der Waals surface area (Å²) in [7, 11) is 0. The van der Waals surface area contributed by atoms with E-state index in [4.69, 9.17) is 4.74 Å². The predicted molar refractivity (Wildman–Crippen MR) is 81.5 cm³/mol. The molecule has 17 heavy (non-hydrogen) atoms. The minimum Gasteiger partial charge on any atom is -0.492 e. The van der Waals surface area contributed by atoms with Crippen molar-refractivity contribution in [2.45, 2.75) is 0 Å². The van der Waals surface area contributed by atoms with Crippen molar-refractivity contribution in [3.63, 3.8) is 0 Å². The zero-order valence-electron chi connectivity index (χ0n) is 9.94. The van der Waals surface area contributed by atoms with Gasteiger partial charge in [-0.3, -0.25) is 4.90 Å². The van der Waals surface area contributed by atoms with E-state index in [1.54, 1.807) is 0 Å². The molecule has 92 valence electrons. The van der Waals surface area contributed by atoms with Gasteiger partial charge in [-0.05, 0) is 46.9 Å². The first-order valence-corrected chi connectivity index (χ1v) is 6.66. The van der Waals surface area contributed by atoms with Crippen molar-refractivity contribution < 1.29 is 4.74 Å². The quantitative estimate of drug-likeness (QED) is 0.530. The SMILES string of the molecule is C=CCN(CC=C)CCOc1ccc(I)cc1. The lowest BCUT2D eigenvalue weighted by Crippen LogP contribution is -2.28. The Labute approximate surface area is 117 Å². The molecule has 0 unspecified atom stereocenters. The number of halogens is 1. The van der Waals surface area contributed by atoms with Gasteiger partial charge < -0.3 is 4.74 Å². The summed E-state index contributed by atoms with van der Waals surface area (Å²) in [6, 6.07) is 8.07. The van der Waals surface area contributed by atoms with Crippen LogP contribution in [0.15, 0.2) is 49.6 Å². The Hall–Kier alpha value is -0.810. The molecule has 0 aliphatic heterocycles. The lowest BCUT2D eigenvalue weighted by molar-refractivity contribution is 0.236. The van der Waals surface area contributed by atoms with Crippen LogP contribution in [0.5, 0.6) is 5.75 Å². The van der Waals surface area contributed by atoms with Crippen LogP contribution in [0.4, 0.5) is 0 Å². The molecule has 0 amide bonds. The fourth-order valence-corrected chi connectivity index (χ4v) is 1.81. The number of hydrogen-bond donors (Lipinski definition) is 0. The molecule has 0 N–H and O–H groups in total. The molecule has 0 heterocycles. The number of ether oxygens (including phenoxy) is 1. The molecule has 1 rings (SSSR count). The van der Waals surface area contributed by atoms with Crippen LogP contribution in [0.2, 0.25) is 0 Å². The smallest absolute Gasteiger partial charge is 0.119 e. The van der Waals surface area contributed by atoms with Crippen molar-refractivity contribution in [2.75, 3.05) is 26.2 Å². The predicted octanol–water partition coefficient (Wildman–Crippen LogP) is 3.34. The second-order valence-electron chi connectivity index (χ2n) is 3.64. The van der Waals surface area contributed by atoms with Crippen molar-refractivity contribution in [1.82, 2.24) is 4.90 Å². The van der Waals surface area contributed by atoms with Crippen molar-refractivity contribution >= 4 is 22.6 Å². The molecule has 0 radical (unpaired) electrons. The van der Waals surface area contributed by atoms with Crippen LogP contribution in [0.25, 0.3) is 0 Å². The average molecular weight is 343 g/mol. The van der Waals surface area contributed by atoms with E-state index in [-0.39, 0.29) is 0 Å². The monoisotopic (exact) mass is 343 g/mol. The van der Waals surface area contributed by atoms with Gasteiger partial charge in [-0.25, -0.2) is 0 Å². The first kappa shape index (κ1) is 14.3. The molecule has 0 saturated heterocycles. The van der Waals surface area contributed by atoms with Crippen molar-refractivity contribution in [3.8, 4) is 5.75 Å². The summed E-state index contributed by atoms with van der Waals surface area (Å²) in [6.07, 6.45) is 3.79. The lowest BCUT2D eigenvalue weighted by Gasteiger charge is -2.18. The van der Waals surface area contributed by atoms with E-state index < -0.39 is 0 Å². The molecule has 0 bridgehead atoms. The molecule has 0 aliphatic carbocycles. The number of benzene rings is 1. The second-order valence-corrected chi connectivity index (χ2v) is 4.88. The Morgan fingerprint density at radius 2 is 1.71 bits per heavy atom. The summed E-state index contributed by atoms with van der Waals surface area (Å²) in [6.45, 7) is 10.8. The van der Waals surface area contributed by atoms with E-state index in [1.165, 1.54) is 3.57 Å². The van der Waals surface area contributed by atoms with E-state index in [0.717, 1.165) is 25.4 Å². The highest BCUT2D eigenvalue weighted by Gasteiger charge is 2.00. The molecule has 3 heteroatoms. The van der Waals surface area contributed by atoms with Gasteiger partial charge in [0.05, 0.1) is 0 Å². The minimum atomic E-state index is 0.683. The van der Waals surface area contributed by atoms with Crippen LogP contribution in [-0.4, -0.2) is 31.1 Å². The van der Waals surface area contributed by atoms with Gasteiger partial charge in [0.15, 0.2) is 0 Å². The fraction of sp³-hybridized carbons (Fsp3) is 0.286. The summed E-state index contributed by atoms with van der Waals surface area (Å²) in [4.78, 5) is 2.23. The third-order valence-corrected chi connectivity index (χ3v) is 2.98. The highest BCUT2D eigenvalue weighted by atomic mass is 127. The molecule has 0 aliphatic rings. The molecule has 1 aromatic carbocycles. The molecule has 0 aromatic heterocycles. The minimum absolute atomic E-state index is 0.683. The standard InChI is InChI=1S/C14H18INO/c1-3-9-16(10-4-2)11-12-17-14-7-5-13(15)6-8-14/h3-8H,1-2,9-12H2. The summed E-state index contributed by atoms with van der Waals surface area (Å²) in [5.41, 5.74) is 0. The van der Waals surface area contributed by atoms with Gasteiger partial charge >= 0.3 is 0 Å². The Kier molecular flexibility index (Phi) is 6.96. The molecular formula is C14H18INO. The third kappa shape index (κ3) is 5.89. The van der Waals surface area contributed by atoms with E-state index >= 15 is 0 Å². The molecule has 2 nitrogen and oxygen atoms in total. The van der Waals surface area contributed by atoms with E-state index in [9.17, 15) is 0 Å². The maximum Gasteiger partial charge on any atom is 0.119 e.